The second kappa shape index (κ2) is 6.79. The van der Waals surface area contributed by atoms with Gasteiger partial charge in [-0.05, 0) is 12.1 Å². The van der Waals surface area contributed by atoms with E-state index in [1.165, 1.54) is 6.07 Å². The van der Waals surface area contributed by atoms with Crippen LogP contribution in [0.3, 0.4) is 0 Å². The Balaban J connectivity index is 1.74. The molecule has 0 saturated heterocycles. The lowest BCUT2D eigenvalue weighted by Crippen LogP contribution is -2.46. The van der Waals surface area contributed by atoms with Crippen molar-refractivity contribution in [2.75, 3.05) is 4.90 Å². The molecule has 1 unspecified atom stereocenters. The highest BCUT2D eigenvalue weighted by atomic mass is 32.1. The van der Waals surface area contributed by atoms with Crippen molar-refractivity contribution in [1.29, 1.82) is 0 Å². The highest BCUT2D eigenvalue weighted by molar-refractivity contribution is 7.18. The van der Waals surface area contributed by atoms with Crippen LogP contribution in [-0.4, -0.2) is 28.1 Å². The Labute approximate surface area is 159 Å². The number of anilines is 1. The van der Waals surface area contributed by atoms with Gasteiger partial charge >= 0.3 is 5.97 Å². The monoisotopic (exact) mass is 408 g/mol. The molecule has 10 heteroatoms. The Morgan fingerprint density at radius 3 is 2.75 bits per heavy atom. The Morgan fingerprint density at radius 2 is 2.00 bits per heavy atom. The molecule has 144 valence electrons. The van der Waals surface area contributed by atoms with Gasteiger partial charge < -0.3 is 9.84 Å². The van der Waals surface area contributed by atoms with Crippen molar-refractivity contribution in [1.82, 2.24) is 4.98 Å². The molecule has 1 N–H and O–H groups in total. The van der Waals surface area contributed by atoms with E-state index in [-0.39, 0.29) is 33.2 Å². The second-order valence-corrected chi connectivity index (χ2v) is 7.17. The number of halogens is 3. The smallest absolute Gasteiger partial charge is 0.307 e. The molecule has 0 aliphatic carbocycles. The maximum atomic E-state index is 13.9. The number of carbonyl (C=O) groups is 2. The fraction of sp³-hybridized carbons (Fsp3) is 0.167. The van der Waals surface area contributed by atoms with Gasteiger partial charge in [-0.3, -0.25) is 14.5 Å². The number of carboxylic acids is 1. The van der Waals surface area contributed by atoms with E-state index in [1.807, 2.05) is 0 Å². The summed E-state index contributed by atoms with van der Waals surface area (Å²) in [5, 5.41) is 9.28. The van der Waals surface area contributed by atoms with Crippen molar-refractivity contribution < 1.29 is 32.6 Å². The van der Waals surface area contributed by atoms with Crippen LogP contribution in [-0.2, 0) is 16.1 Å². The van der Waals surface area contributed by atoms with E-state index >= 15 is 0 Å². The summed E-state index contributed by atoms with van der Waals surface area (Å²) in [6, 6.07) is 5.31. The number of hydrogen-bond acceptors (Lipinski definition) is 5. The normalized spacial score (nSPS) is 16.2. The summed E-state index contributed by atoms with van der Waals surface area (Å²) in [5.41, 5.74) is 0.206. The summed E-state index contributed by atoms with van der Waals surface area (Å²) in [7, 11) is 0. The van der Waals surface area contributed by atoms with Crippen LogP contribution in [0.4, 0.5) is 18.9 Å². The van der Waals surface area contributed by atoms with Gasteiger partial charge in [-0.15, -0.1) is 11.3 Å². The molecular weight excluding hydrogens is 397 g/mol. The molecule has 28 heavy (non-hydrogen) atoms. The van der Waals surface area contributed by atoms with E-state index in [9.17, 15) is 22.8 Å². The van der Waals surface area contributed by atoms with Gasteiger partial charge in [0, 0.05) is 18.2 Å². The first-order valence-electron chi connectivity index (χ1n) is 8.05. The SMILES string of the molecule is O=C(O)CC1Oc2ccc(F)cc2N(Cc2nc3cc(F)cc(F)c3s2)C1=O. The Bertz CT molecular complexity index is 1120. The van der Waals surface area contributed by atoms with Gasteiger partial charge in [0.25, 0.3) is 5.91 Å². The summed E-state index contributed by atoms with van der Waals surface area (Å²) in [5.74, 6) is -3.95. The number of nitrogens with zero attached hydrogens (tertiary/aromatic N) is 2. The highest BCUT2D eigenvalue weighted by Gasteiger charge is 2.36. The number of aliphatic carboxylic acids is 1. The molecule has 1 aliphatic heterocycles. The lowest BCUT2D eigenvalue weighted by atomic mass is 10.1. The molecule has 2 heterocycles. The Hall–Kier alpha value is -3.14. The minimum absolute atomic E-state index is 0.0970. The predicted molar refractivity (Wildman–Crippen MR) is 93.8 cm³/mol. The summed E-state index contributed by atoms with van der Waals surface area (Å²) in [4.78, 5) is 29.0. The van der Waals surface area contributed by atoms with Crippen LogP contribution >= 0.6 is 11.3 Å². The summed E-state index contributed by atoms with van der Waals surface area (Å²) in [6.45, 7) is -0.171. The lowest BCUT2D eigenvalue weighted by Gasteiger charge is -2.33. The molecule has 3 aromatic rings. The molecule has 0 fully saturated rings. The molecular formula is C18H11F3N2O4S. The molecule has 0 bridgehead atoms. The minimum atomic E-state index is -1.29. The highest BCUT2D eigenvalue weighted by Crippen LogP contribution is 2.37. The number of ether oxygens (including phenoxy) is 1. The number of thiazole rings is 1. The van der Waals surface area contributed by atoms with Crippen LogP contribution in [0.25, 0.3) is 10.2 Å². The van der Waals surface area contributed by atoms with Crippen molar-refractivity contribution in [2.24, 2.45) is 0 Å². The molecule has 2 aromatic carbocycles. The quantitative estimate of drug-likeness (QED) is 0.715. The fourth-order valence-electron chi connectivity index (χ4n) is 2.96. The molecule has 0 spiro atoms. The van der Waals surface area contributed by atoms with E-state index in [0.29, 0.717) is 0 Å². The first-order valence-corrected chi connectivity index (χ1v) is 8.87. The molecule has 0 saturated carbocycles. The van der Waals surface area contributed by atoms with Crippen molar-refractivity contribution in [3.63, 3.8) is 0 Å². The third kappa shape index (κ3) is 3.26. The molecule has 6 nitrogen and oxygen atoms in total. The number of benzene rings is 2. The third-order valence-corrected chi connectivity index (χ3v) is 5.19. The first kappa shape index (κ1) is 18.2. The van der Waals surface area contributed by atoms with Crippen LogP contribution in [0.15, 0.2) is 30.3 Å². The van der Waals surface area contributed by atoms with Crippen molar-refractivity contribution >= 4 is 39.1 Å². The molecule has 1 amide bonds. The third-order valence-electron chi connectivity index (χ3n) is 4.13. The van der Waals surface area contributed by atoms with Gasteiger partial charge in [-0.25, -0.2) is 18.2 Å². The van der Waals surface area contributed by atoms with E-state index in [1.54, 1.807) is 0 Å². The largest absolute Gasteiger partial charge is 0.481 e. The number of carbonyl (C=O) groups excluding carboxylic acids is 1. The summed E-state index contributed by atoms with van der Waals surface area (Å²) in [6.07, 6.45) is -1.87. The zero-order valence-electron chi connectivity index (χ0n) is 14.0. The average molecular weight is 408 g/mol. The van der Waals surface area contributed by atoms with E-state index in [2.05, 4.69) is 4.98 Å². The molecule has 0 radical (unpaired) electrons. The zero-order valence-corrected chi connectivity index (χ0v) is 14.8. The molecule has 1 aliphatic rings. The topological polar surface area (TPSA) is 79.7 Å². The van der Waals surface area contributed by atoms with Crippen molar-refractivity contribution in [3.8, 4) is 5.75 Å². The Morgan fingerprint density at radius 1 is 1.21 bits per heavy atom. The van der Waals surface area contributed by atoms with Crippen LogP contribution in [0.5, 0.6) is 5.75 Å². The van der Waals surface area contributed by atoms with Gasteiger partial charge in [0.15, 0.2) is 6.10 Å². The minimum Gasteiger partial charge on any atom is -0.481 e. The average Bonchev–Trinajstić information content (AvgIpc) is 3.01. The van der Waals surface area contributed by atoms with Crippen LogP contribution in [0.2, 0.25) is 0 Å². The van der Waals surface area contributed by atoms with E-state index in [4.69, 9.17) is 9.84 Å². The summed E-state index contributed by atoms with van der Waals surface area (Å²) < 4.78 is 46.6. The van der Waals surface area contributed by atoms with Gasteiger partial charge in [0.2, 0.25) is 0 Å². The van der Waals surface area contributed by atoms with E-state index in [0.717, 1.165) is 40.5 Å². The predicted octanol–water partition coefficient (Wildman–Crippen LogP) is 3.48. The zero-order chi connectivity index (χ0) is 20.0. The maximum absolute atomic E-state index is 13.9. The number of carboxylic acid groups (broad SMARTS) is 1. The second-order valence-electron chi connectivity index (χ2n) is 6.08. The van der Waals surface area contributed by atoms with Crippen LogP contribution in [0, 0.1) is 17.5 Å². The summed E-state index contributed by atoms with van der Waals surface area (Å²) >= 11 is 0.925. The number of amides is 1. The maximum Gasteiger partial charge on any atom is 0.307 e. The molecule has 4 rings (SSSR count). The number of aromatic nitrogens is 1. The van der Waals surface area contributed by atoms with Crippen LogP contribution < -0.4 is 9.64 Å². The van der Waals surface area contributed by atoms with Crippen LogP contribution in [0.1, 0.15) is 11.4 Å². The first-order chi connectivity index (χ1) is 13.3. The van der Waals surface area contributed by atoms with Crippen molar-refractivity contribution in [2.45, 2.75) is 19.1 Å². The lowest BCUT2D eigenvalue weighted by molar-refractivity contribution is -0.142. The standard InChI is InChI=1S/C18H11F3N2O4S/c19-8-1-2-13-12(5-8)23(18(26)14(27-13)6-16(24)25)7-15-22-11-4-9(20)3-10(21)17(11)28-15/h1-5,14H,6-7H2,(H,24,25). The van der Waals surface area contributed by atoms with Gasteiger partial charge in [-0.2, -0.15) is 0 Å². The molecule has 1 aromatic heterocycles. The number of hydrogen-bond donors (Lipinski definition) is 1. The Kier molecular flexibility index (Phi) is 4.42. The van der Waals surface area contributed by atoms with Gasteiger partial charge in [-0.1, -0.05) is 0 Å². The van der Waals surface area contributed by atoms with Gasteiger partial charge in [0.1, 0.15) is 28.2 Å². The van der Waals surface area contributed by atoms with Gasteiger partial charge in [0.05, 0.1) is 28.9 Å². The van der Waals surface area contributed by atoms with Crippen molar-refractivity contribution in [3.05, 3.63) is 52.8 Å². The number of rotatable bonds is 4. The fourth-order valence-corrected chi connectivity index (χ4v) is 3.90. The molecule has 1 atom stereocenters. The number of fused-ring (bicyclic) bond motifs is 2. The van der Waals surface area contributed by atoms with E-state index < -0.39 is 41.9 Å².